The Balaban J connectivity index is 1.06. The van der Waals surface area contributed by atoms with Crippen LogP contribution in [-0.2, 0) is 38.0 Å². The molecule has 68 heavy (non-hydrogen) atoms. The van der Waals surface area contributed by atoms with Crippen LogP contribution >= 0.6 is 0 Å². The van der Waals surface area contributed by atoms with Crippen molar-refractivity contribution in [1.29, 1.82) is 0 Å². The van der Waals surface area contributed by atoms with Crippen LogP contribution in [0, 0.1) is 0 Å². The third-order valence-electron chi connectivity index (χ3n) is 11.4. The van der Waals surface area contributed by atoms with Crippen molar-refractivity contribution in [2.24, 2.45) is 0 Å². The summed E-state index contributed by atoms with van der Waals surface area (Å²) in [5.74, 6) is -0.988. The molecule has 21 nitrogen and oxygen atoms in total. The molecule has 0 spiro atoms. The number of nitrogens with two attached hydrogens (primary N) is 1. The lowest BCUT2D eigenvalue weighted by Crippen LogP contribution is -2.52. The zero-order chi connectivity index (χ0) is 50.0. The molecule has 2 aromatic rings. The van der Waals surface area contributed by atoms with Crippen LogP contribution in [0.1, 0.15) is 140 Å². The minimum Gasteiger partial charge on any atom is -0.444 e. The van der Waals surface area contributed by atoms with Crippen LogP contribution in [0.3, 0.4) is 0 Å². The van der Waals surface area contributed by atoms with Crippen LogP contribution < -0.4 is 11.1 Å². The van der Waals surface area contributed by atoms with Crippen LogP contribution in [0.2, 0.25) is 0 Å². The number of carbonyl (C=O) groups excluding carboxylic acids is 5. The van der Waals surface area contributed by atoms with Gasteiger partial charge in [0.15, 0.2) is 29.6 Å². The molecule has 0 unspecified atom stereocenters. The van der Waals surface area contributed by atoms with Crippen molar-refractivity contribution < 1.29 is 52.4 Å². The van der Waals surface area contributed by atoms with Gasteiger partial charge in [0, 0.05) is 65.3 Å². The van der Waals surface area contributed by atoms with Crippen molar-refractivity contribution in [2.75, 3.05) is 64.6 Å². The number of carbonyl (C=O) groups is 5. The number of aromatic nitrogens is 4. The van der Waals surface area contributed by atoms with Gasteiger partial charge in [-0.15, -0.1) is 0 Å². The standard InChI is InChI=1S/C47H78N10O11/c1-44(2,3)66-41(60)54-24-22-53(23-25-55(42(61)67-45(4,5)6)27-29-56(28-26-54)43(62)68-46(7,8)9)32(58)20-18-16-14-12-13-15-17-19-21-49-39(59)35-34-36(65-47(10,11)64-34)40(63-35)57-31-52-33-37(48)50-30-51-38(33)57/h30-31,34-36,40H,12-29H2,1-11H3,(H,49,59)(H2,48,50,51)/t34-,35+,36-,40-/m1/s1. The normalized spacial score (nSPS) is 21.8. The lowest BCUT2D eigenvalue weighted by molar-refractivity contribution is -0.197. The second-order valence-electron chi connectivity index (χ2n) is 21.2. The van der Waals surface area contributed by atoms with E-state index < -0.39 is 65.4 Å². The average molecular weight is 959 g/mol. The van der Waals surface area contributed by atoms with Gasteiger partial charge in [-0.05, 0) is 89.0 Å². The van der Waals surface area contributed by atoms with E-state index in [9.17, 15) is 24.0 Å². The van der Waals surface area contributed by atoms with Crippen molar-refractivity contribution in [3.63, 3.8) is 0 Å². The van der Waals surface area contributed by atoms with Crippen molar-refractivity contribution >= 4 is 47.1 Å². The van der Waals surface area contributed by atoms with Gasteiger partial charge in [-0.2, -0.15) is 0 Å². The van der Waals surface area contributed by atoms with Gasteiger partial charge in [0.05, 0.1) is 6.33 Å². The molecule has 5 amide bonds. The minimum absolute atomic E-state index is 0.0625. The maximum absolute atomic E-state index is 13.8. The molecule has 21 heteroatoms. The summed E-state index contributed by atoms with van der Waals surface area (Å²) >= 11 is 0. The first-order valence-corrected chi connectivity index (χ1v) is 24.2. The first-order chi connectivity index (χ1) is 31.8. The quantitative estimate of drug-likeness (QED) is 0.173. The Morgan fingerprint density at radius 1 is 0.647 bits per heavy atom. The van der Waals surface area contributed by atoms with E-state index in [1.807, 2.05) is 13.8 Å². The second kappa shape index (κ2) is 23.1. The number of rotatable bonds is 13. The van der Waals surface area contributed by atoms with Gasteiger partial charge in [0.25, 0.3) is 5.91 Å². The van der Waals surface area contributed by atoms with E-state index in [-0.39, 0.29) is 70.0 Å². The number of imidazole rings is 1. The third-order valence-corrected chi connectivity index (χ3v) is 11.4. The highest BCUT2D eigenvalue weighted by atomic mass is 16.8. The average Bonchev–Trinajstić information content (AvgIpc) is 3.89. The summed E-state index contributed by atoms with van der Waals surface area (Å²) in [7, 11) is 0. The van der Waals surface area contributed by atoms with E-state index in [4.69, 9.17) is 34.2 Å². The lowest BCUT2D eigenvalue weighted by Gasteiger charge is -2.36. The Morgan fingerprint density at radius 2 is 1.09 bits per heavy atom. The van der Waals surface area contributed by atoms with Gasteiger partial charge in [0.1, 0.15) is 40.9 Å². The molecule has 4 atom stereocenters. The molecular weight excluding hydrogens is 881 g/mol. The van der Waals surface area contributed by atoms with Gasteiger partial charge in [-0.1, -0.05) is 38.5 Å². The second-order valence-corrected chi connectivity index (χ2v) is 21.2. The fourth-order valence-corrected chi connectivity index (χ4v) is 8.19. The van der Waals surface area contributed by atoms with E-state index >= 15 is 0 Å². The van der Waals surface area contributed by atoms with Gasteiger partial charge < -0.3 is 59.1 Å². The van der Waals surface area contributed by atoms with Crippen LogP contribution in [0.15, 0.2) is 12.7 Å². The molecule has 0 bridgehead atoms. The molecule has 3 saturated heterocycles. The van der Waals surface area contributed by atoms with Crippen LogP contribution in [-0.4, -0.2) is 169 Å². The molecule has 5 heterocycles. The number of nitrogens with zero attached hydrogens (tertiary/aromatic N) is 8. The molecule has 0 aromatic carbocycles. The highest BCUT2D eigenvalue weighted by Gasteiger charge is 2.58. The number of unbranched alkanes of at least 4 members (excludes halogenated alkanes) is 7. The molecule has 3 N–H and O–H groups in total. The van der Waals surface area contributed by atoms with E-state index in [0.717, 1.165) is 44.9 Å². The summed E-state index contributed by atoms with van der Waals surface area (Å²) in [5.41, 5.74) is 4.66. The first-order valence-electron chi connectivity index (χ1n) is 24.2. The molecule has 3 fully saturated rings. The highest BCUT2D eigenvalue weighted by Crippen LogP contribution is 2.44. The van der Waals surface area contributed by atoms with Gasteiger partial charge in [-0.3, -0.25) is 14.2 Å². The van der Waals surface area contributed by atoms with Crippen LogP contribution in [0.5, 0.6) is 0 Å². The molecule has 382 valence electrons. The smallest absolute Gasteiger partial charge is 0.410 e. The van der Waals surface area contributed by atoms with Crippen molar-refractivity contribution in [1.82, 2.24) is 44.4 Å². The molecule has 0 saturated carbocycles. The molecule has 0 aliphatic carbocycles. The molecule has 5 rings (SSSR count). The Hall–Kier alpha value is -5.02. The highest BCUT2D eigenvalue weighted by molar-refractivity contribution is 5.83. The number of amides is 5. The number of nitrogen functional groups attached to an aromatic ring is 1. The maximum Gasteiger partial charge on any atom is 0.410 e. The number of ether oxygens (including phenoxy) is 6. The minimum atomic E-state index is -0.905. The summed E-state index contributed by atoms with van der Waals surface area (Å²) < 4.78 is 37.4. The van der Waals surface area contributed by atoms with Gasteiger partial charge in [0.2, 0.25) is 5.91 Å². The number of anilines is 1. The lowest BCUT2D eigenvalue weighted by atomic mass is 10.1. The third kappa shape index (κ3) is 16.0. The fourth-order valence-electron chi connectivity index (χ4n) is 8.19. The molecular formula is C47H78N10O11. The molecule has 2 aromatic heterocycles. The Kier molecular flexibility index (Phi) is 18.3. The zero-order valence-corrected chi connectivity index (χ0v) is 42.3. The van der Waals surface area contributed by atoms with E-state index in [1.54, 1.807) is 78.1 Å². The SMILES string of the molecule is CC(C)(C)OC(=O)N1CCN(C(=O)CCCCCCCCCCNC(=O)[C@H]2O[C@@H](n3cnc4c(N)ncnc43)[C@@H]3OC(C)(C)O[C@@H]32)CCN(C(=O)OC(C)(C)C)CCN(C(=O)OC(C)(C)C)CC1. The predicted molar refractivity (Wildman–Crippen MR) is 252 cm³/mol. The predicted octanol–water partition coefficient (Wildman–Crippen LogP) is 6.01. The topological polar surface area (TPSA) is 235 Å². The molecule has 3 aliphatic rings. The summed E-state index contributed by atoms with van der Waals surface area (Å²) in [6.07, 6.45) is 6.20. The van der Waals surface area contributed by atoms with E-state index in [0.29, 0.717) is 30.6 Å². The summed E-state index contributed by atoms with van der Waals surface area (Å²) in [6, 6.07) is 0. The first kappa shape index (κ1) is 53.9. The number of hydrogen-bond acceptors (Lipinski definition) is 15. The van der Waals surface area contributed by atoms with Gasteiger partial charge in [-0.25, -0.2) is 29.3 Å². The number of fused-ring (bicyclic) bond motifs is 2. The Labute approximate surface area is 401 Å². The van der Waals surface area contributed by atoms with Crippen LogP contribution in [0.25, 0.3) is 11.2 Å². The van der Waals surface area contributed by atoms with Crippen LogP contribution in [0.4, 0.5) is 20.2 Å². The van der Waals surface area contributed by atoms with Crippen molar-refractivity contribution in [3.8, 4) is 0 Å². The van der Waals surface area contributed by atoms with E-state index in [2.05, 4.69) is 20.3 Å². The number of nitrogens with one attached hydrogen (secondary N) is 1. The largest absolute Gasteiger partial charge is 0.444 e. The van der Waals surface area contributed by atoms with Crippen molar-refractivity contribution in [3.05, 3.63) is 12.7 Å². The Bertz CT molecular complexity index is 1980. The molecule has 0 radical (unpaired) electrons. The van der Waals surface area contributed by atoms with Crippen molar-refractivity contribution in [2.45, 2.75) is 181 Å². The molecule has 3 aliphatic heterocycles. The Morgan fingerprint density at radius 3 is 1.57 bits per heavy atom. The summed E-state index contributed by atoms with van der Waals surface area (Å²) in [4.78, 5) is 86.3. The monoisotopic (exact) mass is 959 g/mol. The number of hydrogen-bond donors (Lipinski definition) is 2. The summed E-state index contributed by atoms with van der Waals surface area (Å²) in [6.45, 7) is 21.5. The fraction of sp³-hybridized carbons (Fsp3) is 0.787. The van der Waals surface area contributed by atoms with Gasteiger partial charge >= 0.3 is 18.3 Å². The zero-order valence-electron chi connectivity index (χ0n) is 42.3. The maximum atomic E-state index is 13.8. The summed E-state index contributed by atoms with van der Waals surface area (Å²) in [5, 5.41) is 3.02. The van der Waals surface area contributed by atoms with E-state index in [1.165, 1.54) is 21.0 Å².